The summed E-state index contributed by atoms with van der Waals surface area (Å²) in [5, 5.41) is 9.40. The monoisotopic (exact) mass is 284 g/mol. The number of carbonyl (C=O) groups is 1. The van der Waals surface area contributed by atoms with Crippen LogP contribution in [-0.2, 0) is 0 Å². The Morgan fingerprint density at radius 2 is 1.90 bits per heavy atom. The average molecular weight is 284 g/mol. The van der Waals surface area contributed by atoms with E-state index in [0.29, 0.717) is 11.3 Å². The summed E-state index contributed by atoms with van der Waals surface area (Å²) in [7, 11) is 0. The van der Waals surface area contributed by atoms with Crippen molar-refractivity contribution < 1.29 is 14.6 Å². The van der Waals surface area contributed by atoms with Gasteiger partial charge in [-0.3, -0.25) is 4.79 Å². The molecule has 2 aromatic carbocycles. The highest BCUT2D eigenvalue weighted by molar-refractivity contribution is 7.98. The third kappa shape index (κ3) is 2.30. The third-order valence-electron chi connectivity index (χ3n) is 3.07. The van der Waals surface area contributed by atoms with E-state index in [1.807, 2.05) is 30.5 Å². The van der Waals surface area contributed by atoms with Gasteiger partial charge < -0.3 is 9.84 Å². The first-order chi connectivity index (χ1) is 9.67. The standard InChI is InChI=1S/C16H12O3S/c1-20-12-5-2-10(3-6-12)8-15-16(18)13-7-4-11(17)9-14(13)19-15/h2-9,17H,1H3. The van der Waals surface area contributed by atoms with Crippen molar-refractivity contribution in [1.82, 2.24) is 0 Å². The zero-order valence-electron chi connectivity index (χ0n) is 10.8. The number of aromatic hydroxyl groups is 1. The van der Waals surface area contributed by atoms with E-state index in [1.54, 1.807) is 23.9 Å². The molecule has 0 fully saturated rings. The second-order valence-corrected chi connectivity index (χ2v) is 5.27. The Labute approximate surface area is 120 Å². The summed E-state index contributed by atoms with van der Waals surface area (Å²) in [5.74, 6) is 0.612. The molecule has 1 aliphatic rings. The van der Waals surface area contributed by atoms with Crippen molar-refractivity contribution >= 4 is 23.6 Å². The fourth-order valence-electron chi connectivity index (χ4n) is 2.03. The van der Waals surface area contributed by atoms with Crippen LogP contribution >= 0.6 is 11.8 Å². The quantitative estimate of drug-likeness (QED) is 0.674. The maximum atomic E-state index is 12.2. The van der Waals surface area contributed by atoms with E-state index in [9.17, 15) is 9.90 Å². The number of rotatable bonds is 2. The zero-order valence-corrected chi connectivity index (χ0v) is 11.6. The Bertz CT molecular complexity index is 702. The van der Waals surface area contributed by atoms with E-state index in [-0.39, 0.29) is 17.3 Å². The van der Waals surface area contributed by atoms with Gasteiger partial charge in [0.1, 0.15) is 11.5 Å². The fraction of sp³-hybridized carbons (Fsp3) is 0.0625. The Morgan fingerprint density at radius 3 is 2.60 bits per heavy atom. The van der Waals surface area contributed by atoms with E-state index in [2.05, 4.69) is 0 Å². The topological polar surface area (TPSA) is 46.5 Å². The first kappa shape index (κ1) is 12.8. The van der Waals surface area contributed by atoms with Crippen molar-refractivity contribution in [2.24, 2.45) is 0 Å². The molecule has 100 valence electrons. The van der Waals surface area contributed by atoms with E-state index in [1.165, 1.54) is 17.0 Å². The molecule has 0 amide bonds. The van der Waals surface area contributed by atoms with Crippen LogP contribution < -0.4 is 4.74 Å². The number of ether oxygens (including phenoxy) is 1. The van der Waals surface area contributed by atoms with Crippen LogP contribution in [0.1, 0.15) is 15.9 Å². The van der Waals surface area contributed by atoms with Crippen molar-refractivity contribution in [1.29, 1.82) is 0 Å². The molecular formula is C16H12O3S. The summed E-state index contributed by atoms with van der Waals surface area (Å²) in [6.45, 7) is 0. The summed E-state index contributed by atoms with van der Waals surface area (Å²) in [4.78, 5) is 13.3. The largest absolute Gasteiger partial charge is 0.508 e. The van der Waals surface area contributed by atoms with Crippen LogP contribution in [0.25, 0.3) is 6.08 Å². The summed E-state index contributed by atoms with van der Waals surface area (Å²) >= 11 is 1.67. The first-order valence-electron chi connectivity index (χ1n) is 6.09. The minimum atomic E-state index is -0.158. The average Bonchev–Trinajstić information content (AvgIpc) is 2.75. The Kier molecular flexibility index (Phi) is 3.24. The Hall–Kier alpha value is -2.20. The van der Waals surface area contributed by atoms with Crippen LogP contribution in [0.2, 0.25) is 0 Å². The molecule has 4 heteroatoms. The SMILES string of the molecule is CSc1ccc(C=C2Oc3cc(O)ccc3C2=O)cc1. The van der Waals surface area contributed by atoms with Gasteiger partial charge in [0, 0.05) is 11.0 Å². The number of allylic oxidation sites excluding steroid dienone is 1. The van der Waals surface area contributed by atoms with Crippen molar-refractivity contribution in [3.63, 3.8) is 0 Å². The third-order valence-corrected chi connectivity index (χ3v) is 3.81. The van der Waals surface area contributed by atoms with Crippen LogP contribution in [0, 0.1) is 0 Å². The molecular weight excluding hydrogens is 272 g/mol. The summed E-state index contributed by atoms with van der Waals surface area (Å²) in [6, 6.07) is 12.4. The van der Waals surface area contributed by atoms with Crippen LogP contribution in [-0.4, -0.2) is 17.1 Å². The predicted octanol–water partition coefficient (Wildman–Crippen LogP) is 3.73. The van der Waals surface area contributed by atoms with Crippen molar-refractivity contribution in [2.45, 2.75) is 4.90 Å². The van der Waals surface area contributed by atoms with Gasteiger partial charge in [0.25, 0.3) is 0 Å². The number of fused-ring (bicyclic) bond motifs is 1. The molecule has 1 N–H and O–H groups in total. The van der Waals surface area contributed by atoms with Crippen molar-refractivity contribution in [3.8, 4) is 11.5 Å². The molecule has 3 rings (SSSR count). The summed E-state index contributed by atoms with van der Waals surface area (Å²) in [6.07, 6.45) is 3.73. The number of carbonyl (C=O) groups excluding carboxylic acids is 1. The smallest absolute Gasteiger partial charge is 0.231 e. The molecule has 0 aromatic heterocycles. The number of Topliss-reactive ketones (excluding diaryl/α,β-unsaturated/α-hetero) is 1. The molecule has 20 heavy (non-hydrogen) atoms. The molecule has 0 spiro atoms. The van der Waals surface area contributed by atoms with E-state index in [0.717, 1.165) is 5.56 Å². The van der Waals surface area contributed by atoms with Crippen LogP contribution in [0.15, 0.2) is 53.1 Å². The maximum Gasteiger partial charge on any atom is 0.231 e. The molecule has 0 bridgehead atoms. The van der Waals surface area contributed by atoms with Gasteiger partial charge in [0.2, 0.25) is 5.78 Å². The van der Waals surface area contributed by atoms with Gasteiger partial charge in [-0.25, -0.2) is 0 Å². The van der Waals surface area contributed by atoms with Gasteiger partial charge >= 0.3 is 0 Å². The number of ketones is 1. The van der Waals surface area contributed by atoms with Crippen LogP contribution in [0.5, 0.6) is 11.5 Å². The lowest BCUT2D eigenvalue weighted by Crippen LogP contribution is -1.97. The number of phenols is 1. The predicted molar refractivity (Wildman–Crippen MR) is 79.3 cm³/mol. The lowest BCUT2D eigenvalue weighted by atomic mass is 10.1. The van der Waals surface area contributed by atoms with Crippen molar-refractivity contribution in [2.75, 3.05) is 6.26 Å². The fourth-order valence-corrected chi connectivity index (χ4v) is 2.44. The lowest BCUT2D eigenvalue weighted by Gasteiger charge is -2.00. The molecule has 1 heterocycles. The van der Waals surface area contributed by atoms with Gasteiger partial charge in [-0.1, -0.05) is 12.1 Å². The molecule has 2 aromatic rings. The molecule has 3 nitrogen and oxygen atoms in total. The number of hydrogen-bond donors (Lipinski definition) is 1. The number of thioether (sulfide) groups is 1. The van der Waals surface area contributed by atoms with Gasteiger partial charge in [0.05, 0.1) is 5.56 Å². The lowest BCUT2D eigenvalue weighted by molar-refractivity contribution is 0.101. The normalized spacial score (nSPS) is 15.2. The summed E-state index contributed by atoms with van der Waals surface area (Å²) in [5.41, 5.74) is 1.39. The first-order valence-corrected chi connectivity index (χ1v) is 7.31. The van der Waals surface area contributed by atoms with Crippen molar-refractivity contribution in [3.05, 3.63) is 59.4 Å². The molecule has 0 aliphatic carbocycles. The van der Waals surface area contributed by atoms with E-state index >= 15 is 0 Å². The number of phenolic OH excluding ortho intramolecular Hbond substituents is 1. The second kappa shape index (κ2) is 5.06. The number of benzene rings is 2. The molecule has 1 aliphatic heterocycles. The Morgan fingerprint density at radius 1 is 1.15 bits per heavy atom. The molecule has 0 saturated carbocycles. The van der Waals surface area contributed by atoms with Crippen LogP contribution in [0.3, 0.4) is 0 Å². The minimum absolute atomic E-state index is 0.0853. The molecule has 0 atom stereocenters. The zero-order chi connectivity index (χ0) is 14.1. The highest BCUT2D eigenvalue weighted by Crippen LogP contribution is 2.34. The van der Waals surface area contributed by atoms with Gasteiger partial charge in [-0.05, 0) is 42.2 Å². The second-order valence-electron chi connectivity index (χ2n) is 4.39. The highest BCUT2D eigenvalue weighted by Gasteiger charge is 2.27. The highest BCUT2D eigenvalue weighted by atomic mass is 32.2. The minimum Gasteiger partial charge on any atom is -0.508 e. The van der Waals surface area contributed by atoms with Gasteiger partial charge in [0.15, 0.2) is 5.76 Å². The number of hydrogen-bond acceptors (Lipinski definition) is 4. The summed E-state index contributed by atoms with van der Waals surface area (Å²) < 4.78 is 5.51. The van der Waals surface area contributed by atoms with Crippen LogP contribution in [0.4, 0.5) is 0 Å². The van der Waals surface area contributed by atoms with E-state index in [4.69, 9.17) is 4.74 Å². The molecule has 0 saturated heterocycles. The molecule has 0 unspecified atom stereocenters. The van der Waals surface area contributed by atoms with E-state index < -0.39 is 0 Å². The van der Waals surface area contributed by atoms with Gasteiger partial charge in [-0.15, -0.1) is 11.8 Å². The maximum absolute atomic E-state index is 12.2. The Balaban J connectivity index is 1.92. The van der Waals surface area contributed by atoms with Gasteiger partial charge in [-0.2, -0.15) is 0 Å². The molecule has 0 radical (unpaired) electrons.